The summed E-state index contributed by atoms with van der Waals surface area (Å²) >= 11 is 0. The number of pyridine rings is 1. The van der Waals surface area contributed by atoms with Gasteiger partial charge in [0.05, 0.1) is 6.61 Å². The number of rotatable bonds is 3. The molecule has 0 saturated heterocycles. The van der Waals surface area contributed by atoms with Gasteiger partial charge in [0, 0.05) is 17.8 Å². The molecule has 14 heavy (non-hydrogen) atoms. The molecule has 72 valence electrons. The molecule has 0 bridgehead atoms. The molecule has 3 heteroatoms. The summed E-state index contributed by atoms with van der Waals surface area (Å²) in [5.41, 5.74) is 1.22. The molecule has 0 unspecified atom stereocenters. The van der Waals surface area contributed by atoms with Gasteiger partial charge >= 0.3 is 0 Å². The van der Waals surface area contributed by atoms with Crippen molar-refractivity contribution in [2.75, 3.05) is 6.61 Å². The Labute approximate surface area is 82.5 Å². The molecule has 1 aromatic heterocycles. The fraction of sp³-hybridized carbons (Fsp3) is 0.182. The van der Waals surface area contributed by atoms with Gasteiger partial charge in [0.2, 0.25) is 0 Å². The van der Waals surface area contributed by atoms with Crippen molar-refractivity contribution in [1.29, 1.82) is 0 Å². The van der Waals surface area contributed by atoms with Crippen molar-refractivity contribution in [1.82, 2.24) is 4.98 Å². The second kappa shape index (κ2) is 4.17. The van der Waals surface area contributed by atoms with E-state index < -0.39 is 0 Å². The van der Waals surface area contributed by atoms with Gasteiger partial charge in [-0.05, 0) is 29.5 Å². The first-order chi connectivity index (χ1) is 6.90. The Morgan fingerprint density at radius 2 is 2.14 bits per heavy atom. The number of hydrogen-bond acceptors (Lipinski definition) is 3. The molecule has 0 fully saturated rings. The van der Waals surface area contributed by atoms with Gasteiger partial charge in [0.25, 0.3) is 0 Å². The molecule has 0 saturated carbocycles. The largest absolute Gasteiger partial charge is 0.304 e. The minimum absolute atomic E-state index is 0.547. The van der Waals surface area contributed by atoms with E-state index in [1.54, 1.807) is 6.20 Å². The highest BCUT2D eigenvalue weighted by molar-refractivity contribution is 5.81. The SMILES string of the molecule is NOCCc1ccc2ccncc2c1. The van der Waals surface area contributed by atoms with Crippen molar-refractivity contribution in [2.45, 2.75) is 6.42 Å². The van der Waals surface area contributed by atoms with E-state index in [1.165, 1.54) is 10.9 Å². The van der Waals surface area contributed by atoms with E-state index in [0.29, 0.717) is 6.61 Å². The van der Waals surface area contributed by atoms with Gasteiger partial charge in [0.1, 0.15) is 0 Å². The highest BCUT2D eigenvalue weighted by atomic mass is 16.6. The van der Waals surface area contributed by atoms with Crippen LogP contribution < -0.4 is 5.90 Å². The van der Waals surface area contributed by atoms with E-state index in [4.69, 9.17) is 5.90 Å². The van der Waals surface area contributed by atoms with Crippen LogP contribution in [0, 0.1) is 0 Å². The average Bonchev–Trinajstić information content (AvgIpc) is 2.26. The lowest BCUT2D eigenvalue weighted by Gasteiger charge is -2.02. The van der Waals surface area contributed by atoms with Crippen LogP contribution in [0.4, 0.5) is 0 Å². The lowest BCUT2D eigenvalue weighted by atomic mass is 10.1. The lowest BCUT2D eigenvalue weighted by Crippen LogP contribution is -2.03. The van der Waals surface area contributed by atoms with Gasteiger partial charge < -0.3 is 4.84 Å². The summed E-state index contributed by atoms with van der Waals surface area (Å²) in [7, 11) is 0. The molecule has 2 aromatic rings. The van der Waals surface area contributed by atoms with Crippen molar-refractivity contribution in [3.8, 4) is 0 Å². The van der Waals surface area contributed by atoms with Gasteiger partial charge in [0.15, 0.2) is 0 Å². The third-order valence-electron chi connectivity index (χ3n) is 2.21. The Balaban J connectivity index is 2.32. The normalized spacial score (nSPS) is 10.6. The maximum Gasteiger partial charge on any atom is 0.0719 e. The lowest BCUT2D eigenvalue weighted by molar-refractivity contribution is 0.141. The van der Waals surface area contributed by atoms with E-state index in [-0.39, 0.29) is 0 Å². The van der Waals surface area contributed by atoms with Crippen molar-refractivity contribution < 1.29 is 4.84 Å². The maximum absolute atomic E-state index is 4.98. The Hall–Kier alpha value is -1.45. The number of aromatic nitrogens is 1. The second-order valence-electron chi connectivity index (χ2n) is 3.18. The standard InChI is InChI=1S/C11H12N2O/c12-14-6-4-9-1-2-10-3-5-13-8-11(10)7-9/h1-3,5,7-8H,4,6,12H2. The number of benzene rings is 1. The topological polar surface area (TPSA) is 48.1 Å². The van der Waals surface area contributed by atoms with E-state index in [0.717, 1.165) is 11.8 Å². The Bertz CT molecular complexity index is 428. The molecular formula is C11H12N2O. The van der Waals surface area contributed by atoms with Crippen LogP contribution in [0.3, 0.4) is 0 Å². The molecule has 0 aliphatic carbocycles. The predicted octanol–water partition coefficient (Wildman–Crippen LogP) is 1.67. The predicted molar refractivity (Wildman–Crippen MR) is 55.6 cm³/mol. The smallest absolute Gasteiger partial charge is 0.0719 e. The molecule has 0 amide bonds. The fourth-order valence-corrected chi connectivity index (χ4v) is 1.47. The van der Waals surface area contributed by atoms with Crippen LogP contribution >= 0.6 is 0 Å². The van der Waals surface area contributed by atoms with Crippen LogP contribution in [0.2, 0.25) is 0 Å². The second-order valence-corrected chi connectivity index (χ2v) is 3.18. The van der Waals surface area contributed by atoms with Gasteiger partial charge in [-0.15, -0.1) is 0 Å². The zero-order valence-electron chi connectivity index (χ0n) is 7.81. The maximum atomic E-state index is 4.98. The van der Waals surface area contributed by atoms with E-state index in [9.17, 15) is 0 Å². The molecule has 2 rings (SSSR count). The third kappa shape index (κ3) is 1.89. The first kappa shape index (κ1) is 9.12. The fourth-order valence-electron chi connectivity index (χ4n) is 1.47. The summed E-state index contributed by atoms with van der Waals surface area (Å²) in [4.78, 5) is 8.62. The summed E-state index contributed by atoms with van der Waals surface area (Å²) in [6.45, 7) is 0.547. The highest BCUT2D eigenvalue weighted by Crippen LogP contribution is 2.14. The third-order valence-corrected chi connectivity index (χ3v) is 2.21. The van der Waals surface area contributed by atoms with Crippen LogP contribution in [0.1, 0.15) is 5.56 Å². The van der Waals surface area contributed by atoms with Gasteiger partial charge in [-0.3, -0.25) is 4.98 Å². The van der Waals surface area contributed by atoms with Crippen molar-refractivity contribution >= 4 is 10.8 Å². The van der Waals surface area contributed by atoms with Gasteiger partial charge in [-0.1, -0.05) is 12.1 Å². The summed E-state index contributed by atoms with van der Waals surface area (Å²) < 4.78 is 0. The Morgan fingerprint density at radius 1 is 1.21 bits per heavy atom. The molecular weight excluding hydrogens is 176 g/mol. The van der Waals surface area contributed by atoms with Gasteiger partial charge in [-0.2, -0.15) is 0 Å². The molecule has 0 aliphatic heterocycles. The number of fused-ring (bicyclic) bond motifs is 1. The first-order valence-electron chi connectivity index (χ1n) is 4.54. The number of nitrogens with zero attached hydrogens (tertiary/aromatic N) is 1. The Morgan fingerprint density at radius 3 is 3.00 bits per heavy atom. The van der Waals surface area contributed by atoms with Crippen LogP contribution in [0.25, 0.3) is 10.8 Å². The molecule has 0 atom stereocenters. The molecule has 1 aromatic carbocycles. The zero-order chi connectivity index (χ0) is 9.80. The van der Waals surface area contributed by atoms with E-state index >= 15 is 0 Å². The monoisotopic (exact) mass is 188 g/mol. The average molecular weight is 188 g/mol. The van der Waals surface area contributed by atoms with Crippen molar-refractivity contribution in [3.63, 3.8) is 0 Å². The summed E-state index contributed by atoms with van der Waals surface area (Å²) in [5, 5.41) is 2.36. The summed E-state index contributed by atoms with van der Waals surface area (Å²) in [6.07, 6.45) is 4.49. The molecule has 2 N–H and O–H groups in total. The minimum atomic E-state index is 0.547. The van der Waals surface area contributed by atoms with Crippen LogP contribution in [0.15, 0.2) is 36.7 Å². The summed E-state index contributed by atoms with van der Waals surface area (Å²) in [6, 6.07) is 8.28. The van der Waals surface area contributed by atoms with E-state index in [1.807, 2.05) is 12.3 Å². The Kier molecular flexibility index (Phi) is 2.72. The molecule has 1 heterocycles. The first-order valence-corrected chi connectivity index (χ1v) is 4.54. The van der Waals surface area contributed by atoms with Crippen LogP contribution in [-0.4, -0.2) is 11.6 Å². The van der Waals surface area contributed by atoms with Crippen molar-refractivity contribution in [3.05, 3.63) is 42.2 Å². The molecule has 0 radical (unpaired) electrons. The highest BCUT2D eigenvalue weighted by Gasteiger charge is 1.96. The van der Waals surface area contributed by atoms with Crippen LogP contribution in [-0.2, 0) is 11.3 Å². The minimum Gasteiger partial charge on any atom is -0.304 e. The van der Waals surface area contributed by atoms with Crippen LogP contribution in [0.5, 0.6) is 0 Å². The number of hydrogen-bond donors (Lipinski definition) is 1. The molecule has 0 spiro atoms. The van der Waals surface area contributed by atoms with E-state index in [2.05, 4.69) is 28.0 Å². The summed E-state index contributed by atoms with van der Waals surface area (Å²) in [5.74, 6) is 4.98. The van der Waals surface area contributed by atoms with Crippen molar-refractivity contribution in [2.24, 2.45) is 5.90 Å². The quantitative estimate of drug-likeness (QED) is 0.745. The molecule has 0 aliphatic rings. The zero-order valence-corrected chi connectivity index (χ0v) is 7.81. The number of nitrogens with two attached hydrogens (primary N) is 1. The van der Waals surface area contributed by atoms with Gasteiger partial charge in [-0.25, -0.2) is 5.90 Å². The molecule has 3 nitrogen and oxygen atoms in total.